The maximum Gasteiger partial charge on any atom is 0.248 e. The van der Waals surface area contributed by atoms with Crippen LogP contribution in [0.5, 0.6) is 5.75 Å². The first-order valence-corrected chi connectivity index (χ1v) is 8.76. The molecule has 0 radical (unpaired) electrons. The molecule has 0 saturated carbocycles. The third-order valence-electron chi connectivity index (χ3n) is 4.14. The molecule has 0 aliphatic carbocycles. The molecule has 0 spiro atoms. The van der Waals surface area contributed by atoms with Crippen LogP contribution < -0.4 is 4.74 Å². The van der Waals surface area contributed by atoms with Crippen LogP contribution in [0.2, 0.25) is 10.0 Å². The topological polar surface area (TPSA) is 38.8 Å². The normalized spacial score (nSPS) is 17.6. The standard InChI is InChI=1S/C19H19Cl2NO3/c1-24-17-4-2-13(3-5-17)10-22-11-18(25-12-19(22)23)8-14-6-15(20)9-16(21)7-14/h2-7,9,18H,8,10-12H2,1H3. The van der Waals surface area contributed by atoms with Gasteiger partial charge in [-0.15, -0.1) is 0 Å². The molecule has 2 aromatic rings. The monoisotopic (exact) mass is 379 g/mol. The molecule has 0 bridgehead atoms. The summed E-state index contributed by atoms with van der Waals surface area (Å²) in [6, 6.07) is 13.2. The van der Waals surface area contributed by atoms with Crippen LogP contribution in [-0.2, 0) is 22.5 Å². The van der Waals surface area contributed by atoms with Crippen molar-refractivity contribution in [2.75, 3.05) is 20.3 Å². The van der Waals surface area contributed by atoms with E-state index < -0.39 is 0 Å². The molecule has 3 rings (SSSR count). The first-order valence-electron chi connectivity index (χ1n) is 8.01. The maximum atomic E-state index is 12.2. The third-order valence-corrected chi connectivity index (χ3v) is 4.57. The van der Waals surface area contributed by atoms with Crippen LogP contribution in [0.15, 0.2) is 42.5 Å². The van der Waals surface area contributed by atoms with E-state index in [0.717, 1.165) is 16.9 Å². The molecule has 6 heteroatoms. The highest BCUT2D eigenvalue weighted by atomic mass is 35.5. The Morgan fingerprint density at radius 1 is 1.12 bits per heavy atom. The molecule has 1 amide bonds. The molecule has 1 atom stereocenters. The Kier molecular flexibility index (Phi) is 5.84. The summed E-state index contributed by atoms with van der Waals surface area (Å²) in [4.78, 5) is 14.0. The molecule has 1 heterocycles. The van der Waals surface area contributed by atoms with Gasteiger partial charge in [0.25, 0.3) is 0 Å². The molecule has 1 fully saturated rings. The number of hydrogen-bond donors (Lipinski definition) is 0. The van der Waals surface area contributed by atoms with Crippen LogP contribution in [0.3, 0.4) is 0 Å². The molecule has 0 aromatic heterocycles. The van der Waals surface area contributed by atoms with Gasteiger partial charge in [-0.3, -0.25) is 4.79 Å². The first kappa shape index (κ1) is 18.1. The third kappa shape index (κ3) is 4.88. The van der Waals surface area contributed by atoms with Gasteiger partial charge in [0.2, 0.25) is 5.91 Å². The number of morpholine rings is 1. The Bertz CT molecular complexity index is 729. The minimum atomic E-state index is -0.0783. The maximum absolute atomic E-state index is 12.2. The molecule has 0 N–H and O–H groups in total. The number of benzene rings is 2. The summed E-state index contributed by atoms with van der Waals surface area (Å²) < 4.78 is 10.8. The van der Waals surface area contributed by atoms with Crippen molar-refractivity contribution in [2.45, 2.75) is 19.1 Å². The van der Waals surface area contributed by atoms with Crippen LogP contribution in [-0.4, -0.2) is 37.2 Å². The largest absolute Gasteiger partial charge is 0.497 e. The Morgan fingerprint density at radius 3 is 2.44 bits per heavy atom. The van der Waals surface area contributed by atoms with Gasteiger partial charge in [-0.2, -0.15) is 0 Å². The van der Waals surface area contributed by atoms with Crippen molar-refractivity contribution < 1.29 is 14.3 Å². The van der Waals surface area contributed by atoms with Gasteiger partial charge in [0.1, 0.15) is 12.4 Å². The van der Waals surface area contributed by atoms with E-state index in [-0.39, 0.29) is 18.6 Å². The lowest BCUT2D eigenvalue weighted by Gasteiger charge is -2.33. The van der Waals surface area contributed by atoms with Gasteiger partial charge in [-0.25, -0.2) is 0 Å². The van der Waals surface area contributed by atoms with Crippen LogP contribution in [0, 0.1) is 0 Å². The summed E-state index contributed by atoms with van der Waals surface area (Å²) in [5, 5.41) is 1.20. The fraction of sp³-hybridized carbons (Fsp3) is 0.316. The van der Waals surface area contributed by atoms with Gasteiger partial charge < -0.3 is 14.4 Å². The highest BCUT2D eigenvalue weighted by Crippen LogP contribution is 2.22. The number of nitrogens with zero attached hydrogens (tertiary/aromatic N) is 1. The molecule has 1 saturated heterocycles. The van der Waals surface area contributed by atoms with E-state index in [1.807, 2.05) is 41.3 Å². The molecule has 1 aliphatic rings. The smallest absolute Gasteiger partial charge is 0.248 e. The molecule has 132 valence electrons. The zero-order valence-corrected chi connectivity index (χ0v) is 15.4. The van der Waals surface area contributed by atoms with Crippen molar-refractivity contribution in [2.24, 2.45) is 0 Å². The van der Waals surface area contributed by atoms with E-state index in [2.05, 4.69) is 0 Å². The van der Waals surface area contributed by atoms with Crippen LogP contribution >= 0.6 is 23.2 Å². The highest BCUT2D eigenvalue weighted by Gasteiger charge is 2.26. The minimum absolute atomic E-state index is 0.00352. The van der Waals surface area contributed by atoms with Crippen LogP contribution in [0.1, 0.15) is 11.1 Å². The van der Waals surface area contributed by atoms with Crippen LogP contribution in [0.4, 0.5) is 0 Å². The number of rotatable bonds is 5. The average Bonchev–Trinajstić information content (AvgIpc) is 2.58. The molecule has 4 nitrogen and oxygen atoms in total. The lowest BCUT2D eigenvalue weighted by atomic mass is 10.1. The minimum Gasteiger partial charge on any atom is -0.497 e. The molecule has 1 unspecified atom stereocenters. The number of methoxy groups -OCH3 is 1. The first-order chi connectivity index (χ1) is 12.0. The predicted molar refractivity (Wildman–Crippen MR) is 98.3 cm³/mol. The average molecular weight is 380 g/mol. The summed E-state index contributed by atoms with van der Waals surface area (Å²) >= 11 is 12.1. The number of carbonyl (C=O) groups excluding carboxylic acids is 1. The van der Waals surface area contributed by atoms with E-state index in [0.29, 0.717) is 29.6 Å². The van der Waals surface area contributed by atoms with Gasteiger partial charge in [0, 0.05) is 29.6 Å². The highest BCUT2D eigenvalue weighted by molar-refractivity contribution is 6.34. The van der Waals surface area contributed by atoms with E-state index in [1.54, 1.807) is 13.2 Å². The summed E-state index contributed by atoms with van der Waals surface area (Å²) in [6.07, 6.45) is 0.581. The Hall–Kier alpha value is -1.75. The van der Waals surface area contributed by atoms with Crippen LogP contribution in [0.25, 0.3) is 0 Å². The second-order valence-corrected chi connectivity index (χ2v) is 6.91. The summed E-state index contributed by atoms with van der Waals surface area (Å²) in [5.41, 5.74) is 2.06. The van der Waals surface area contributed by atoms with Crippen molar-refractivity contribution in [3.63, 3.8) is 0 Å². The second-order valence-electron chi connectivity index (χ2n) is 6.04. The zero-order chi connectivity index (χ0) is 17.8. The molecular formula is C19H19Cl2NO3. The zero-order valence-electron chi connectivity index (χ0n) is 13.9. The Balaban J connectivity index is 1.65. The van der Waals surface area contributed by atoms with E-state index in [4.69, 9.17) is 32.7 Å². The SMILES string of the molecule is COc1ccc(CN2CC(Cc3cc(Cl)cc(Cl)c3)OCC2=O)cc1. The number of carbonyl (C=O) groups is 1. The number of hydrogen-bond acceptors (Lipinski definition) is 3. The van der Waals surface area contributed by atoms with Crippen molar-refractivity contribution in [3.05, 3.63) is 63.6 Å². The van der Waals surface area contributed by atoms with Gasteiger partial charge in [-0.1, -0.05) is 35.3 Å². The van der Waals surface area contributed by atoms with Gasteiger partial charge in [-0.05, 0) is 41.5 Å². The van der Waals surface area contributed by atoms with Gasteiger partial charge >= 0.3 is 0 Å². The van der Waals surface area contributed by atoms with Crippen molar-refractivity contribution in [1.29, 1.82) is 0 Å². The van der Waals surface area contributed by atoms with Gasteiger partial charge in [0.15, 0.2) is 0 Å². The van der Waals surface area contributed by atoms with E-state index in [9.17, 15) is 4.79 Å². The summed E-state index contributed by atoms with van der Waals surface area (Å²) in [7, 11) is 1.63. The quantitative estimate of drug-likeness (QED) is 0.788. The fourth-order valence-corrected chi connectivity index (χ4v) is 3.47. The molecular weight excluding hydrogens is 361 g/mol. The number of halogens is 2. The molecule has 25 heavy (non-hydrogen) atoms. The van der Waals surface area contributed by atoms with E-state index >= 15 is 0 Å². The summed E-state index contributed by atoms with van der Waals surface area (Å²) in [5.74, 6) is 0.795. The molecule has 2 aromatic carbocycles. The molecule has 1 aliphatic heterocycles. The van der Waals surface area contributed by atoms with Crippen molar-refractivity contribution in [3.8, 4) is 5.75 Å². The number of amides is 1. The van der Waals surface area contributed by atoms with E-state index in [1.165, 1.54) is 0 Å². The summed E-state index contributed by atoms with van der Waals surface area (Å²) in [6.45, 7) is 1.18. The predicted octanol–water partition coefficient (Wildman–Crippen LogP) is 3.97. The Labute approximate surface area is 157 Å². The second kappa shape index (κ2) is 8.09. The van der Waals surface area contributed by atoms with Crippen molar-refractivity contribution in [1.82, 2.24) is 4.90 Å². The lowest BCUT2D eigenvalue weighted by molar-refractivity contribution is -0.149. The van der Waals surface area contributed by atoms with Crippen molar-refractivity contribution >= 4 is 29.1 Å². The fourth-order valence-electron chi connectivity index (χ4n) is 2.90. The lowest BCUT2D eigenvalue weighted by Crippen LogP contribution is -2.46. The Morgan fingerprint density at radius 2 is 1.80 bits per heavy atom. The van der Waals surface area contributed by atoms with Gasteiger partial charge in [0.05, 0.1) is 13.2 Å². The number of ether oxygens (including phenoxy) is 2.